The van der Waals surface area contributed by atoms with Gasteiger partial charge in [0.25, 0.3) is 5.56 Å². The van der Waals surface area contributed by atoms with Crippen molar-refractivity contribution in [2.75, 3.05) is 26.8 Å². The number of halogens is 1. The molecule has 3 aromatic rings. The first-order chi connectivity index (χ1) is 16.6. The molecular weight excluding hydrogens is 437 g/mol. The SMILES string of the molecule is COC(=O)c1c(OCCCc2cccnc2)cc(=O)n2c1CCN(Cc1ccccc1F)CC2. The fourth-order valence-corrected chi connectivity index (χ4v) is 4.26. The highest BCUT2D eigenvalue weighted by molar-refractivity contribution is 5.93. The number of carbonyl (C=O) groups is 1. The molecule has 3 heterocycles. The van der Waals surface area contributed by atoms with Crippen LogP contribution in [0.1, 0.15) is 33.6 Å². The Morgan fingerprint density at radius 1 is 1.15 bits per heavy atom. The van der Waals surface area contributed by atoms with E-state index in [0.717, 1.165) is 12.0 Å². The Labute approximate surface area is 197 Å². The van der Waals surface area contributed by atoms with Gasteiger partial charge in [-0.2, -0.15) is 0 Å². The molecule has 0 spiro atoms. The molecule has 4 rings (SSSR count). The molecule has 178 valence electrons. The minimum absolute atomic E-state index is 0.224. The van der Waals surface area contributed by atoms with Crippen LogP contribution in [0.25, 0.3) is 0 Å². The zero-order valence-corrected chi connectivity index (χ0v) is 19.2. The van der Waals surface area contributed by atoms with E-state index in [1.165, 1.54) is 19.2 Å². The molecule has 0 aliphatic carbocycles. The normalized spacial score (nSPS) is 13.7. The number of hydrogen-bond donors (Lipinski definition) is 0. The van der Waals surface area contributed by atoms with Crippen molar-refractivity contribution in [3.63, 3.8) is 0 Å². The van der Waals surface area contributed by atoms with Crippen molar-refractivity contribution < 1.29 is 18.7 Å². The van der Waals surface area contributed by atoms with Crippen LogP contribution in [0.5, 0.6) is 5.75 Å². The maximum absolute atomic E-state index is 14.1. The van der Waals surface area contributed by atoms with Gasteiger partial charge in [-0.05, 0) is 30.5 Å². The summed E-state index contributed by atoms with van der Waals surface area (Å²) in [4.78, 5) is 31.8. The first kappa shape index (κ1) is 23.6. The van der Waals surface area contributed by atoms with E-state index < -0.39 is 5.97 Å². The molecule has 2 aromatic heterocycles. The van der Waals surface area contributed by atoms with Gasteiger partial charge in [-0.3, -0.25) is 14.7 Å². The molecule has 8 heteroatoms. The van der Waals surface area contributed by atoms with Gasteiger partial charge in [0, 0.05) is 62.3 Å². The second kappa shape index (κ2) is 11.1. The highest BCUT2D eigenvalue weighted by atomic mass is 19.1. The molecule has 0 radical (unpaired) electrons. The van der Waals surface area contributed by atoms with Crippen LogP contribution in [0.2, 0.25) is 0 Å². The van der Waals surface area contributed by atoms with Crippen LogP contribution in [0.15, 0.2) is 59.7 Å². The highest BCUT2D eigenvalue weighted by Gasteiger charge is 2.26. The number of aryl methyl sites for hydroxylation is 1. The molecule has 7 nitrogen and oxygen atoms in total. The predicted octanol–water partition coefficient (Wildman–Crippen LogP) is 3.24. The van der Waals surface area contributed by atoms with Crippen molar-refractivity contribution in [2.24, 2.45) is 0 Å². The van der Waals surface area contributed by atoms with Crippen molar-refractivity contribution in [2.45, 2.75) is 32.4 Å². The van der Waals surface area contributed by atoms with Gasteiger partial charge in [0.2, 0.25) is 0 Å². The van der Waals surface area contributed by atoms with E-state index in [9.17, 15) is 14.0 Å². The average Bonchev–Trinajstić information content (AvgIpc) is 3.07. The summed E-state index contributed by atoms with van der Waals surface area (Å²) in [6.45, 7) is 2.31. The topological polar surface area (TPSA) is 73.7 Å². The van der Waals surface area contributed by atoms with E-state index in [0.29, 0.717) is 56.9 Å². The number of hydrogen-bond acceptors (Lipinski definition) is 6. The van der Waals surface area contributed by atoms with Crippen molar-refractivity contribution in [3.05, 3.63) is 93.4 Å². The van der Waals surface area contributed by atoms with Gasteiger partial charge in [0.1, 0.15) is 17.1 Å². The molecule has 0 saturated heterocycles. The lowest BCUT2D eigenvalue weighted by atomic mass is 10.1. The third-order valence-corrected chi connectivity index (χ3v) is 6.02. The van der Waals surface area contributed by atoms with E-state index >= 15 is 0 Å². The number of methoxy groups -OCH3 is 1. The van der Waals surface area contributed by atoms with Crippen molar-refractivity contribution >= 4 is 5.97 Å². The first-order valence-corrected chi connectivity index (χ1v) is 11.4. The molecule has 0 N–H and O–H groups in total. The van der Waals surface area contributed by atoms with Crippen LogP contribution >= 0.6 is 0 Å². The van der Waals surface area contributed by atoms with Crippen LogP contribution in [-0.4, -0.2) is 47.2 Å². The monoisotopic (exact) mass is 465 g/mol. The lowest BCUT2D eigenvalue weighted by molar-refractivity contribution is 0.0593. The number of esters is 1. The van der Waals surface area contributed by atoms with Crippen molar-refractivity contribution in [1.29, 1.82) is 0 Å². The summed E-state index contributed by atoms with van der Waals surface area (Å²) in [6, 6.07) is 11.9. The Hall–Kier alpha value is -3.52. The van der Waals surface area contributed by atoms with Gasteiger partial charge in [0.15, 0.2) is 0 Å². The maximum atomic E-state index is 14.1. The third-order valence-electron chi connectivity index (χ3n) is 6.02. The molecular formula is C26H28FN3O4. The average molecular weight is 466 g/mol. The van der Waals surface area contributed by atoms with E-state index in [1.807, 2.05) is 24.4 Å². The number of nitrogens with zero attached hydrogens (tertiary/aromatic N) is 3. The Kier molecular flexibility index (Phi) is 7.69. The zero-order valence-electron chi connectivity index (χ0n) is 19.2. The van der Waals surface area contributed by atoms with Gasteiger partial charge in [0.05, 0.1) is 13.7 Å². The van der Waals surface area contributed by atoms with E-state index in [1.54, 1.807) is 22.9 Å². The van der Waals surface area contributed by atoms with E-state index in [2.05, 4.69) is 9.88 Å². The number of rotatable bonds is 8. The molecule has 0 amide bonds. The van der Waals surface area contributed by atoms with Crippen LogP contribution in [-0.2, 0) is 30.7 Å². The third kappa shape index (κ3) is 5.51. The number of pyridine rings is 2. The number of ether oxygens (including phenoxy) is 2. The highest BCUT2D eigenvalue weighted by Crippen LogP contribution is 2.25. The zero-order chi connectivity index (χ0) is 23.9. The minimum Gasteiger partial charge on any atom is -0.492 e. The summed E-state index contributed by atoms with van der Waals surface area (Å²) < 4.78 is 26.7. The Morgan fingerprint density at radius 3 is 2.76 bits per heavy atom. The Bertz CT molecular complexity index is 1200. The van der Waals surface area contributed by atoms with Crippen molar-refractivity contribution in [3.8, 4) is 5.75 Å². The van der Waals surface area contributed by atoms with Crippen LogP contribution in [0.3, 0.4) is 0 Å². The number of fused-ring (bicyclic) bond motifs is 1. The maximum Gasteiger partial charge on any atom is 0.343 e. The molecule has 0 unspecified atom stereocenters. The smallest absolute Gasteiger partial charge is 0.343 e. The fraction of sp³-hybridized carbons (Fsp3) is 0.346. The first-order valence-electron chi connectivity index (χ1n) is 11.4. The van der Waals surface area contributed by atoms with Crippen LogP contribution in [0.4, 0.5) is 4.39 Å². The summed E-state index contributed by atoms with van der Waals surface area (Å²) in [5.74, 6) is -0.538. The second-order valence-electron chi connectivity index (χ2n) is 8.24. The fourth-order valence-electron chi connectivity index (χ4n) is 4.26. The molecule has 0 fully saturated rings. The molecule has 0 saturated carbocycles. The molecule has 0 bridgehead atoms. The van der Waals surface area contributed by atoms with Crippen molar-refractivity contribution in [1.82, 2.24) is 14.5 Å². The van der Waals surface area contributed by atoms with Gasteiger partial charge in [-0.25, -0.2) is 9.18 Å². The van der Waals surface area contributed by atoms with Gasteiger partial charge >= 0.3 is 5.97 Å². The molecule has 1 aliphatic heterocycles. The number of aromatic nitrogens is 2. The lowest BCUT2D eigenvalue weighted by Crippen LogP contribution is -2.29. The minimum atomic E-state index is -0.534. The van der Waals surface area contributed by atoms with E-state index in [-0.39, 0.29) is 22.7 Å². The van der Waals surface area contributed by atoms with Gasteiger partial charge < -0.3 is 14.0 Å². The summed E-state index contributed by atoms with van der Waals surface area (Å²) in [7, 11) is 1.32. The summed E-state index contributed by atoms with van der Waals surface area (Å²) >= 11 is 0. The summed E-state index contributed by atoms with van der Waals surface area (Å²) in [5.41, 5.74) is 2.36. The van der Waals surface area contributed by atoms with Gasteiger partial charge in [-0.1, -0.05) is 24.3 Å². The Morgan fingerprint density at radius 2 is 2.00 bits per heavy atom. The van der Waals surface area contributed by atoms with Crippen LogP contribution in [0, 0.1) is 5.82 Å². The lowest BCUT2D eigenvalue weighted by Gasteiger charge is -2.19. The summed E-state index contributed by atoms with van der Waals surface area (Å²) in [6.07, 6.45) is 5.46. The summed E-state index contributed by atoms with van der Waals surface area (Å²) in [5, 5.41) is 0. The number of benzene rings is 1. The molecule has 1 aromatic carbocycles. The standard InChI is InChI=1S/C26H28FN3O4/c1-33-26(32)25-22-10-12-29(18-20-8-2-3-9-21(20)27)13-14-30(22)24(31)16-23(25)34-15-5-7-19-6-4-11-28-17-19/h2-4,6,8-9,11,16-17H,5,7,10,12-15,18H2,1H3. The molecule has 34 heavy (non-hydrogen) atoms. The van der Waals surface area contributed by atoms with E-state index in [4.69, 9.17) is 9.47 Å². The largest absolute Gasteiger partial charge is 0.492 e. The van der Waals surface area contributed by atoms with Crippen LogP contribution < -0.4 is 10.3 Å². The van der Waals surface area contributed by atoms with Gasteiger partial charge in [-0.15, -0.1) is 0 Å². The molecule has 1 aliphatic rings. The predicted molar refractivity (Wildman–Crippen MR) is 125 cm³/mol. The quantitative estimate of drug-likeness (QED) is 0.376. The molecule has 0 atom stereocenters. The second-order valence-corrected chi connectivity index (χ2v) is 8.24. The Balaban J connectivity index is 1.51. The number of carbonyl (C=O) groups excluding carboxylic acids is 1.